The molecule has 96 valence electrons. The van der Waals surface area contributed by atoms with Crippen LogP contribution in [0.15, 0.2) is 18.2 Å². The van der Waals surface area contributed by atoms with Crippen LogP contribution in [0.3, 0.4) is 0 Å². The van der Waals surface area contributed by atoms with Crippen LogP contribution in [0.5, 0.6) is 0 Å². The van der Waals surface area contributed by atoms with Gasteiger partial charge in [-0.15, -0.1) is 0 Å². The lowest BCUT2D eigenvalue weighted by Gasteiger charge is -2.19. The van der Waals surface area contributed by atoms with Crippen LogP contribution in [0.2, 0.25) is 5.02 Å². The molecule has 0 radical (unpaired) electrons. The highest BCUT2D eigenvalue weighted by Crippen LogP contribution is 2.23. The molecule has 1 rings (SSSR count). The maximum atomic E-state index is 13.1. The van der Waals surface area contributed by atoms with Crippen molar-refractivity contribution in [3.63, 3.8) is 0 Å². The Balaban J connectivity index is 2.75. The topological polar surface area (TPSA) is 21.3 Å². The first-order chi connectivity index (χ1) is 8.19. The average Bonchev–Trinajstić information content (AvgIpc) is 2.33. The fourth-order valence-corrected chi connectivity index (χ4v) is 1.86. The third-order valence-electron chi connectivity index (χ3n) is 2.60. The van der Waals surface area contributed by atoms with Crippen molar-refractivity contribution in [2.45, 2.75) is 25.8 Å². The van der Waals surface area contributed by atoms with E-state index in [1.165, 1.54) is 6.07 Å². The molecule has 2 nitrogen and oxygen atoms in total. The van der Waals surface area contributed by atoms with Crippen LogP contribution < -0.4 is 5.32 Å². The van der Waals surface area contributed by atoms with Gasteiger partial charge in [-0.25, -0.2) is 4.39 Å². The van der Waals surface area contributed by atoms with E-state index in [-0.39, 0.29) is 16.9 Å². The van der Waals surface area contributed by atoms with Gasteiger partial charge in [-0.05, 0) is 37.1 Å². The molecule has 0 aromatic heterocycles. The van der Waals surface area contributed by atoms with Crippen LogP contribution in [0, 0.1) is 5.82 Å². The summed E-state index contributed by atoms with van der Waals surface area (Å²) in [5.74, 6) is -0.378. The molecule has 0 saturated carbocycles. The van der Waals surface area contributed by atoms with Crippen LogP contribution in [-0.2, 0) is 4.74 Å². The zero-order valence-corrected chi connectivity index (χ0v) is 11.1. The monoisotopic (exact) mass is 259 g/mol. The van der Waals surface area contributed by atoms with Crippen molar-refractivity contribution in [3.05, 3.63) is 34.6 Å². The summed E-state index contributed by atoms with van der Waals surface area (Å²) in [4.78, 5) is 0. The Hall–Kier alpha value is -0.640. The summed E-state index contributed by atoms with van der Waals surface area (Å²) in [6, 6.07) is 5.02. The van der Waals surface area contributed by atoms with E-state index in [4.69, 9.17) is 16.3 Å². The number of hydrogen-bond donors (Lipinski definition) is 1. The van der Waals surface area contributed by atoms with Crippen molar-refractivity contribution >= 4 is 11.6 Å². The van der Waals surface area contributed by atoms with E-state index in [1.807, 2.05) is 0 Å². The van der Waals surface area contributed by atoms with Gasteiger partial charge in [-0.1, -0.05) is 24.6 Å². The van der Waals surface area contributed by atoms with Crippen LogP contribution in [0.4, 0.5) is 4.39 Å². The van der Waals surface area contributed by atoms with Gasteiger partial charge < -0.3 is 10.1 Å². The standard InChI is InChI=1S/C13H19ClFNO/c1-3-7-16-13(6-8-17-2)10-4-5-12(15)11(14)9-10/h4-5,9,13,16H,3,6-8H2,1-2H3. The van der Waals surface area contributed by atoms with Crippen molar-refractivity contribution < 1.29 is 9.13 Å². The van der Waals surface area contributed by atoms with Gasteiger partial charge in [0.1, 0.15) is 5.82 Å². The zero-order chi connectivity index (χ0) is 12.7. The molecule has 0 amide bonds. The summed E-state index contributed by atoms with van der Waals surface area (Å²) in [5.41, 5.74) is 1.00. The normalized spacial score (nSPS) is 12.7. The van der Waals surface area contributed by atoms with E-state index in [2.05, 4.69) is 12.2 Å². The highest BCUT2D eigenvalue weighted by atomic mass is 35.5. The lowest BCUT2D eigenvalue weighted by Crippen LogP contribution is -2.23. The molecule has 1 N–H and O–H groups in total. The Kier molecular flexibility index (Phi) is 6.48. The number of hydrogen-bond acceptors (Lipinski definition) is 2. The first-order valence-corrected chi connectivity index (χ1v) is 6.24. The molecule has 0 bridgehead atoms. The molecule has 1 atom stereocenters. The molecule has 4 heteroatoms. The zero-order valence-electron chi connectivity index (χ0n) is 10.3. The van der Waals surface area contributed by atoms with E-state index in [9.17, 15) is 4.39 Å². The largest absolute Gasteiger partial charge is 0.385 e. The van der Waals surface area contributed by atoms with E-state index < -0.39 is 0 Å². The van der Waals surface area contributed by atoms with E-state index in [0.717, 1.165) is 24.9 Å². The van der Waals surface area contributed by atoms with E-state index in [0.29, 0.717) is 6.61 Å². The summed E-state index contributed by atoms with van der Waals surface area (Å²) < 4.78 is 18.2. The van der Waals surface area contributed by atoms with Gasteiger partial charge in [0.25, 0.3) is 0 Å². The maximum absolute atomic E-state index is 13.1. The van der Waals surface area contributed by atoms with Crippen molar-refractivity contribution in [3.8, 4) is 0 Å². The highest BCUT2D eigenvalue weighted by Gasteiger charge is 2.12. The third-order valence-corrected chi connectivity index (χ3v) is 2.89. The molecular formula is C13H19ClFNO. The lowest BCUT2D eigenvalue weighted by molar-refractivity contribution is 0.183. The molecule has 17 heavy (non-hydrogen) atoms. The highest BCUT2D eigenvalue weighted by molar-refractivity contribution is 6.30. The molecule has 0 aliphatic rings. The number of ether oxygens (including phenoxy) is 1. The van der Waals surface area contributed by atoms with Gasteiger partial charge in [-0.3, -0.25) is 0 Å². The predicted octanol–water partition coefficient (Wildman–Crippen LogP) is 3.56. The van der Waals surface area contributed by atoms with Gasteiger partial charge in [-0.2, -0.15) is 0 Å². The Bertz CT molecular complexity index is 338. The number of halogens is 2. The molecule has 0 saturated heterocycles. The molecular weight excluding hydrogens is 241 g/mol. The second-order valence-electron chi connectivity index (χ2n) is 3.96. The van der Waals surface area contributed by atoms with Crippen molar-refractivity contribution in [1.29, 1.82) is 0 Å². The second-order valence-corrected chi connectivity index (χ2v) is 4.37. The minimum atomic E-state index is -0.378. The Labute approximate surface area is 107 Å². The predicted molar refractivity (Wildman–Crippen MR) is 68.9 cm³/mol. The molecule has 0 spiro atoms. The Morgan fingerprint density at radius 2 is 2.24 bits per heavy atom. The quantitative estimate of drug-likeness (QED) is 0.809. The SMILES string of the molecule is CCCNC(CCOC)c1ccc(F)c(Cl)c1. The summed E-state index contributed by atoms with van der Waals surface area (Å²) in [7, 11) is 1.68. The van der Waals surface area contributed by atoms with E-state index in [1.54, 1.807) is 19.2 Å². The van der Waals surface area contributed by atoms with Crippen molar-refractivity contribution in [1.82, 2.24) is 5.32 Å². The first kappa shape index (κ1) is 14.4. The number of nitrogens with one attached hydrogen (secondary N) is 1. The third kappa shape index (κ3) is 4.62. The van der Waals surface area contributed by atoms with Gasteiger partial charge in [0.05, 0.1) is 5.02 Å². The summed E-state index contributed by atoms with van der Waals surface area (Å²) in [5, 5.41) is 3.58. The van der Waals surface area contributed by atoms with Crippen LogP contribution in [0.25, 0.3) is 0 Å². The minimum absolute atomic E-state index is 0.160. The Morgan fingerprint density at radius 1 is 1.47 bits per heavy atom. The van der Waals surface area contributed by atoms with Crippen LogP contribution >= 0.6 is 11.6 Å². The van der Waals surface area contributed by atoms with Gasteiger partial charge >= 0.3 is 0 Å². The molecule has 0 aliphatic heterocycles. The molecule has 0 heterocycles. The summed E-state index contributed by atoms with van der Waals surface area (Å²) in [6.07, 6.45) is 1.90. The van der Waals surface area contributed by atoms with Gasteiger partial charge in [0.15, 0.2) is 0 Å². The summed E-state index contributed by atoms with van der Waals surface area (Å²) in [6.45, 7) is 3.69. The summed E-state index contributed by atoms with van der Waals surface area (Å²) >= 11 is 5.79. The fourth-order valence-electron chi connectivity index (χ4n) is 1.67. The van der Waals surface area contributed by atoms with E-state index >= 15 is 0 Å². The fraction of sp³-hybridized carbons (Fsp3) is 0.538. The van der Waals surface area contributed by atoms with Crippen molar-refractivity contribution in [2.75, 3.05) is 20.3 Å². The number of benzene rings is 1. The second kappa shape index (κ2) is 7.64. The molecule has 1 unspecified atom stereocenters. The number of rotatable bonds is 7. The Morgan fingerprint density at radius 3 is 2.82 bits per heavy atom. The van der Waals surface area contributed by atoms with Crippen molar-refractivity contribution in [2.24, 2.45) is 0 Å². The maximum Gasteiger partial charge on any atom is 0.141 e. The molecule has 0 aliphatic carbocycles. The molecule has 1 aromatic carbocycles. The van der Waals surface area contributed by atoms with Gasteiger partial charge in [0, 0.05) is 19.8 Å². The molecule has 0 fully saturated rings. The van der Waals surface area contributed by atoms with Crippen LogP contribution in [0.1, 0.15) is 31.4 Å². The first-order valence-electron chi connectivity index (χ1n) is 5.86. The molecule has 1 aromatic rings. The lowest BCUT2D eigenvalue weighted by atomic mass is 10.0. The average molecular weight is 260 g/mol. The smallest absolute Gasteiger partial charge is 0.141 e. The number of methoxy groups -OCH3 is 1. The van der Waals surface area contributed by atoms with Crippen LogP contribution in [-0.4, -0.2) is 20.3 Å². The van der Waals surface area contributed by atoms with Gasteiger partial charge in [0.2, 0.25) is 0 Å². The minimum Gasteiger partial charge on any atom is -0.385 e.